The topological polar surface area (TPSA) is 32.8 Å². The Morgan fingerprint density at radius 2 is 1.87 bits per heavy atom. The number of rotatable bonds is 3. The molecule has 3 aliphatic rings. The van der Waals surface area contributed by atoms with Crippen molar-refractivity contribution in [1.82, 2.24) is 9.80 Å². The Balaban J connectivity index is 1.61. The van der Waals surface area contributed by atoms with Crippen LogP contribution in [-0.2, 0) is 9.53 Å². The first kappa shape index (κ1) is 17.1. The average molecular weight is 330 g/mol. The molecule has 4 nitrogen and oxygen atoms in total. The largest absolute Gasteiger partial charge is 0.379 e. The Kier molecular flexibility index (Phi) is 5.52. The van der Waals surface area contributed by atoms with Gasteiger partial charge in [0, 0.05) is 51.0 Å². The number of hydrogen-bond acceptors (Lipinski definition) is 3. The third kappa shape index (κ3) is 4.41. The summed E-state index contributed by atoms with van der Waals surface area (Å²) < 4.78 is 32.7. The number of carbonyl (C=O) groups is 1. The van der Waals surface area contributed by atoms with Gasteiger partial charge in [0.1, 0.15) is 0 Å². The normalized spacial score (nSPS) is 32.7. The van der Waals surface area contributed by atoms with Gasteiger partial charge in [-0.05, 0) is 32.1 Å². The van der Waals surface area contributed by atoms with Gasteiger partial charge in [0.2, 0.25) is 11.8 Å². The molecular weight excluding hydrogens is 302 g/mol. The van der Waals surface area contributed by atoms with Crippen LogP contribution in [0.2, 0.25) is 0 Å². The minimum Gasteiger partial charge on any atom is -0.379 e. The van der Waals surface area contributed by atoms with Crippen molar-refractivity contribution < 1.29 is 18.3 Å². The SMILES string of the molecule is O=C([C@@H]1CCCC(F)(F)C1)N1CCCC[C@@H]1CN1CCOCC1. The van der Waals surface area contributed by atoms with E-state index in [2.05, 4.69) is 4.90 Å². The van der Waals surface area contributed by atoms with E-state index >= 15 is 0 Å². The lowest BCUT2D eigenvalue weighted by Crippen LogP contribution is -2.53. The number of carbonyl (C=O) groups excluding carboxylic acids is 1. The van der Waals surface area contributed by atoms with E-state index in [1.54, 1.807) is 0 Å². The minimum atomic E-state index is -2.66. The van der Waals surface area contributed by atoms with E-state index in [9.17, 15) is 13.6 Å². The van der Waals surface area contributed by atoms with Gasteiger partial charge >= 0.3 is 0 Å². The van der Waals surface area contributed by atoms with Crippen LogP contribution in [0.3, 0.4) is 0 Å². The predicted octanol–water partition coefficient (Wildman–Crippen LogP) is 2.53. The summed E-state index contributed by atoms with van der Waals surface area (Å²) in [5.41, 5.74) is 0. The Bertz CT molecular complexity index is 413. The number of hydrogen-bond donors (Lipinski definition) is 0. The Hall–Kier alpha value is -0.750. The Morgan fingerprint density at radius 1 is 1.09 bits per heavy atom. The summed E-state index contributed by atoms with van der Waals surface area (Å²) in [6, 6.07) is 0.185. The zero-order valence-corrected chi connectivity index (χ0v) is 13.8. The third-order valence-electron chi connectivity index (χ3n) is 5.47. The number of morpholine rings is 1. The van der Waals surface area contributed by atoms with Crippen molar-refractivity contribution >= 4 is 5.91 Å². The van der Waals surface area contributed by atoms with E-state index in [1.165, 1.54) is 0 Å². The highest BCUT2D eigenvalue weighted by atomic mass is 19.3. The van der Waals surface area contributed by atoms with E-state index in [0.29, 0.717) is 12.8 Å². The van der Waals surface area contributed by atoms with Crippen LogP contribution in [0.5, 0.6) is 0 Å². The van der Waals surface area contributed by atoms with Crippen molar-refractivity contribution in [3.63, 3.8) is 0 Å². The number of nitrogens with zero attached hydrogens (tertiary/aromatic N) is 2. The molecule has 0 aromatic carbocycles. The number of alkyl halides is 2. The molecule has 1 amide bonds. The lowest BCUT2D eigenvalue weighted by molar-refractivity contribution is -0.147. The maximum absolute atomic E-state index is 13.7. The quantitative estimate of drug-likeness (QED) is 0.797. The molecule has 2 saturated heterocycles. The molecule has 1 aliphatic carbocycles. The number of ether oxygens (including phenoxy) is 1. The molecule has 2 aliphatic heterocycles. The highest BCUT2D eigenvalue weighted by Crippen LogP contribution is 2.38. The highest BCUT2D eigenvalue weighted by Gasteiger charge is 2.42. The molecule has 2 atom stereocenters. The summed E-state index contributed by atoms with van der Waals surface area (Å²) in [7, 11) is 0. The fraction of sp³-hybridized carbons (Fsp3) is 0.941. The molecule has 0 bridgehead atoms. The van der Waals surface area contributed by atoms with Gasteiger partial charge in [0.15, 0.2) is 0 Å². The highest BCUT2D eigenvalue weighted by molar-refractivity contribution is 5.79. The van der Waals surface area contributed by atoms with Crippen LogP contribution in [0.4, 0.5) is 8.78 Å². The number of halogens is 2. The molecule has 0 aromatic rings. The van der Waals surface area contributed by atoms with Crippen molar-refractivity contribution in [3.05, 3.63) is 0 Å². The second-order valence-corrected chi connectivity index (χ2v) is 7.24. The minimum absolute atomic E-state index is 0.0256. The summed E-state index contributed by atoms with van der Waals surface area (Å²) in [5, 5.41) is 0. The van der Waals surface area contributed by atoms with Gasteiger partial charge in [0.25, 0.3) is 0 Å². The van der Waals surface area contributed by atoms with Crippen molar-refractivity contribution in [3.8, 4) is 0 Å². The first-order chi connectivity index (χ1) is 11.1. The molecule has 2 heterocycles. The summed E-state index contributed by atoms with van der Waals surface area (Å²) >= 11 is 0. The smallest absolute Gasteiger partial charge is 0.248 e. The molecular formula is C17H28F2N2O2. The van der Waals surface area contributed by atoms with Crippen LogP contribution in [0, 0.1) is 5.92 Å². The molecule has 0 radical (unpaired) electrons. The lowest BCUT2D eigenvalue weighted by atomic mass is 9.84. The van der Waals surface area contributed by atoms with Crippen molar-refractivity contribution in [2.75, 3.05) is 39.4 Å². The molecule has 3 fully saturated rings. The van der Waals surface area contributed by atoms with Gasteiger partial charge in [-0.1, -0.05) is 0 Å². The second-order valence-electron chi connectivity index (χ2n) is 7.24. The van der Waals surface area contributed by atoms with E-state index in [-0.39, 0.29) is 24.8 Å². The molecule has 0 spiro atoms. The number of likely N-dealkylation sites (tertiary alicyclic amines) is 1. The van der Waals surface area contributed by atoms with Crippen LogP contribution >= 0.6 is 0 Å². The lowest BCUT2D eigenvalue weighted by Gasteiger charge is -2.42. The molecule has 0 N–H and O–H groups in total. The molecule has 23 heavy (non-hydrogen) atoms. The molecule has 0 aromatic heterocycles. The standard InChI is InChI=1S/C17H28F2N2O2/c18-17(19)6-3-4-14(12-17)16(22)21-7-2-1-5-15(21)13-20-8-10-23-11-9-20/h14-15H,1-13H2/t14-,15-/m1/s1. The van der Waals surface area contributed by atoms with Crippen molar-refractivity contribution in [1.29, 1.82) is 0 Å². The van der Waals surface area contributed by atoms with Gasteiger partial charge in [-0.15, -0.1) is 0 Å². The van der Waals surface area contributed by atoms with E-state index in [1.807, 2.05) is 4.90 Å². The van der Waals surface area contributed by atoms with Crippen LogP contribution in [0.25, 0.3) is 0 Å². The Morgan fingerprint density at radius 3 is 2.61 bits per heavy atom. The van der Waals surface area contributed by atoms with Crippen LogP contribution in [-0.4, -0.2) is 67.1 Å². The van der Waals surface area contributed by atoms with Gasteiger partial charge in [-0.2, -0.15) is 0 Å². The Labute approximate surface area is 137 Å². The van der Waals surface area contributed by atoms with E-state index in [0.717, 1.165) is 58.7 Å². The monoisotopic (exact) mass is 330 g/mol. The first-order valence-electron chi connectivity index (χ1n) is 9.03. The van der Waals surface area contributed by atoms with Gasteiger partial charge in [-0.3, -0.25) is 9.69 Å². The van der Waals surface area contributed by atoms with Gasteiger partial charge in [0.05, 0.1) is 13.2 Å². The summed E-state index contributed by atoms with van der Waals surface area (Å²) in [6.45, 7) is 4.89. The molecule has 6 heteroatoms. The zero-order valence-electron chi connectivity index (χ0n) is 13.8. The average Bonchev–Trinajstić information content (AvgIpc) is 2.55. The maximum Gasteiger partial charge on any atom is 0.248 e. The predicted molar refractivity (Wildman–Crippen MR) is 83.5 cm³/mol. The molecule has 1 saturated carbocycles. The molecule has 132 valence electrons. The van der Waals surface area contributed by atoms with Crippen molar-refractivity contribution in [2.45, 2.75) is 56.9 Å². The van der Waals surface area contributed by atoms with Crippen molar-refractivity contribution in [2.24, 2.45) is 5.92 Å². The molecule has 0 unspecified atom stereocenters. The van der Waals surface area contributed by atoms with Crippen LogP contribution in [0.1, 0.15) is 44.9 Å². The second kappa shape index (κ2) is 7.43. The van der Waals surface area contributed by atoms with Crippen LogP contribution in [0.15, 0.2) is 0 Å². The van der Waals surface area contributed by atoms with Crippen LogP contribution < -0.4 is 0 Å². The van der Waals surface area contributed by atoms with Gasteiger partial charge in [-0.25, -0.2) is 8.78 Å². The summed E-state index contributed by atoms with van der Waals surface area (Å²) in [4.78, 5) is 17.1. The van der Waals surface area contributed by atoms with E-state index < -0.39 is 11.8 Å². The number of amides is 1. The zero-order chi connectivity index (χ0) is 16.3. The van der Waals surface area contributed by atoms with E-state index in [4.69, 9.17) is 4.74 Å². The summed E-state index contributed by atoms with van der Waals surface area (Å²) in [6.07, 6.45) is 3.88. The fourth-order valence-corrected chi connectivity index (χ4v) is 4.18. The fourth-order valence-electron chi connectivity index (χ4n) is 4.18. The molecule has 3 rings (SSSR count). The number of piperidine rings is 1. The maximum atomic E-state index is 13.7. The first-order valence-corrected chi connectivity index (χ1v) is 9.03. The summed E-state index contributed by atoms with van der Waals surface area (Å²) in [5.74, 6) is -3.17. The third-order valence-corrected chi connectivity index (χ3v) is 5.47. The van der Waals surface area contributed by atoms with Gasteiger partial charge < -0.3 is 9.64 Å².